The van der Waals surface area contributed by atoms with Crippen molar-refractivity contribution in [2.24, 2.45) is 10.3 Å². The summed E-state index contributed by atoms with van der Waals surface area (Å²) in [7, 11) is -4.04. The zero-order valence-electron chi connectivity index (χ0n) is 15.9. The van der Waals surface area contributed by atoms with Gasteiger partial charge in [-0.1, -0.05) is 31.5 Å². The van der Waals surface area contributed by atoms with Crippen LogP contribution in [0.2, 0.25) is 0 Å². The van der Waals surface area contributed by atoms with Gasteiger partial charge in [-0.15, -0.1) is 27.9 Å². The number of urea groups is 1. The summed E-state index contributed by atoms with van der Waals surface area (Å²) in [4.78, 5) is 25.9. The van der Waals surface area contributed by atoms with Crippen molar-refractivity contribution in [1.82, 2.24) is 10.2 Å². The summed E-state index contributed by atoms with van der Waals surface area (Å²) in [6.07, 6.45) is 0. The minimum Gasteiger partial charge on any atom is -0.289 e. The molecule has 1 atom stereocenters. The van der Waals surface area contributed by atoms with Crippen LogP contribution >= 0.6 is 23.5 Å². The van der Waals surface area contributed by atoms with Crippen LogP contribution in [0.4, 0.5) is 4.79 Å². The third-order valence-corrected chi connectivity index (χ3v) is 8.18. The molecule has 2 aliphatic rings. The van der Waals surface area contributed by atoms with Crippen LogP contribution in [0.25, 0.3) is 0 Å². The molecule has 10 heteroatoms. The van der Waals surface area contributed by atoms with E-state index in [-0.39, 0.29) is 22.3 Å². The number of carbonyl (C=O) groups excluding carboxylic acids is 2. The maximum atomic E-state index is 12.7. The van der Waals surface area contributed by atoms with E-state index in [9.17, 15) is 18.0 Å². The van der Waals surface area contributed by atoms with E-state index in [1.807, 2.05) is 6.92 Å². The standard InChI is InChI=1S/C18H21N3O4S3/c1-10(2)9-26-17-14-15(19-18(23)21(14)16(22)12(4)27-17)20-28(24,25)13-7-5-11(3)6-8-13/h5-8,10,12H,9H2,1-4H3,(H,19,20,23). The number of sulfonamides is 1. The van der Waals surface area contributed by atoms with Gasteiger partial charge in [0.15, 0.2) is 5.84 Å². The topological polar surface area (TPSA) is 95.9 Å². The first kappa shape index (κ1) is 20.9. The largest absolute Gasteiger partial charge is 0.334 e. The first-order chi connectivity index (χ1) is 13.1. The molecule has 3 rings (SSSR count). The molecule has 0 aromatic heterocycles. The lowest BCUT2D eigenvalue weighted by molar-refractivity contribution is -0.125. The van der Waals surface area contributed by atoms with Crippen molar-refractivity contribution < 1.29 is 18.0 Å². The molecular formula is C18H21N3O4S3. The first-order valence-corrected chi connectivity index (χ1v) is 12.0. The fraction of sp³-hybridized carbons (Fsp3) is 0.389. The highest BCUT2D eigenvalue weighted by molar-refractivity contribution is 8.22. The summed E-state index contributed by atoms with van der Waals surface area (Å²) in [5, 5.41) is 2.02. The Balaban J connectivity index is 2.08. The molecule has 0 radical (unpaired) electrons. The van der Waals surface area contributed by atoms with E-state index in [0.29, 0.717) is 5.92 Å². The van der Waals surface area contributed by atoms with Crippen molar-refractivity contribution in [3.63, 3.8) is 0 Å². The van der Waals surface area contributed by atoms with Crippen molar-refractivity contribution in [3.8, 4) is 0 Å². The molecule has 7 nitrogen and oxygen atoms in total. The number of fused-ring (bicyclic) bond motifs is 1. The van der Waals surface area contributed by atoms with Crippen molar-refractivity contribution >= 4 is 51.3 Å². The van der Waals surface area contributed by atoms with Crippen LogP contribution in [0.5, 0.6) is 0 Å². The second-order valence-electron chi connectivity index (χ2n) is 6.93. The average molecular weight is 440 g/mol. The Hall–Kier alpha value is -1.78. The molecule has 1 fully saturated rings. The molecule has 1 aromatic rings. The number of hydrogen-bond acceptors (Lipinski definition) is 6. The van der Waals surface area contributed by atoms with Gasteiger partial charge in [-0.25, -0.2) is 9.69 Å². The normalized spacial score (nSPS) is 21.5. The molecule has 2 aliphatic heterocycles. The number of aryl methyl sites for hydroxylation is 1. The molecule has 0 bridgehead atoms. The zero-order valence-corrected chi connectivity index (χ0v) is 18.4. The molecular weight excluding hydrogens is 418 g/mol. The number of carbonyl (C=O) groups is 2. The van der Waals surface area contributed by atoms with E-state index >= 15 is 0 Å². The Labute approximate surface area is 173 Å². The number of benzene rings is 1. The van der Waals surface area contributed by atoms with Gasteiger partial charge in [0.05, 0.1) is 14.4 Å². The Bertz CT molecular complexity index is 982. The lowest BCUT2D eigenvalue weighted by atomic mass is 10.2. The van der Waals surface area contributed by atoms with Gasteiger partial charge in [0.2, 0.25) is 5.91 Å². The Morgan fingerprint density at radius 1 is 1.25 bits per heavy atom. The van der Waals surface area contributed by atoms with E-state index in [0.717, 1.165) is 20.5 Å². The molecule has 2 heterocycles. The second kappa shape index (κ2) is 7.92. The quantitative estimate of drug-likeness (QED) is 0.756. The van der Waals surface area contributed by atoms with Crippen LogP contribution < -0.4 is 5.32 Å². The lowest BCUT2D eigenvalue weighted by Crippen LogP contribution is -2.40. The molecule has 1 aromatic carbocycles. The summed E-state index contributed by atoms with van der Waals surface area (Å²) in [6.45, 7) is 7.71. The summed E-state index contributed by atoms with van der Waals surface area (Å²) < 4.78 is 30.0. The third kappa shape index (κ3) is 4.13. The molecule has 0 aliphatic carbocycles. The highest BCUT2D eigenvalue weighted by Gasteiger charge is 2.45. The summed E-state index contributed by atoms with van der Waals surface area (Å²) in [6, 6.07) is 5.62. The minimum absolute atomic E-state index is 0.0263. The van der Waals surface area contributed by atoms with E-state index in [4.69, 9.17) is 0 Å². The Morgan fingerprint density at radius 2 is 1.89 bits per heavy atom. The van der Waals surface area contributed by atoms with Crippen LogP contribution in [-0.4, -0.2) is 42.1 Å². The summed E-state index contributed by atoms with van der Waals surface area (Å²) in [5.41, 5.74) is 1.16. The van der Waals surface area contributed by atoms with Gasteiger partial charge in [-0.05, 0) is 31.9 Å². The van der Waals surface area contributed by atoms with Crippen molar-refractivity contribution in [1.29, 1.82) is 0 Å². The summed E-state index contributed by atoms with van der Waals surface area (Å²) in [5.74, 6) is 0.669. The highest BCUT2D eigenvalue weighted by Crippen LogP contribution is 2.43. The van der Waals surface area contributed by atoms with E-state index in [1.165, 1.54) is 35.7 Å². The van der Waals surface area contributed by atoms with Gasteiger partial charge in [0.25, 0.3) is 10.0 Å². The number of thioether (sulfide) groups is 2. The highest BCUT2D eigenvalue weighted by atomic mass is 32.2. The molecule has 1 unspecified atom stereocenters. The van der Waals surface area contributed by atoms with Gasteiger partial charge in [0.1, 0.15) is 5.70 Å². The third-order valence-electron chi connectivity index (χ3n) is 4.00. The van der Waals surface area contributed by atoms with Crippen LogP contribution in [0, 0.1) is 12.8 Å². The molecule has 1 N–H and O–H groups in total. The van der Waals surface area contributed by atoms with Crippen LogP contribution in [0.3, 0.4) is 0 Å². The molecule has 28 heavy (non-hydrogen) atoms. The number of imide groups is 1. The number of amidine groups is 1. The first-order valence-electron chi connectivity index (χ1n) is 8.71. The molecule has 0 saturated carbocycles. The zero-order chi connectivity index (χ0) is 20.6. The second-order valence-corrected chi connectivity index (χ2v) is 11.2. The molecule has 3 amide bonds. The molecule has 150 valence electrons. The van der Waals surface area contributed by atoms with Crippen LogP contribution in [0.1, 0.15) is 26.3 Å². The van der Waals surface area contributed by atoms with Gasteiger partial charge in [0, 0.05) is 5.75 Å². The predicted molar refractivity (Wildman–Crippen MR) is 113 cm³/mol. The number of amides is 3. The number of rotatable bonds is 5. The Kier molecular flexibility index (Phi) is 5.92. The van der Waals surface area contributed by atoms with E-state index in [2.05, 4.69) is 23.6 Å². The molecule has 0 spiro atoms. The van der Waals surface area contributed by atoms with Gasteiger partial charge in [-0.2, -0.15) is 8.42 Å². The number of nitrogens with one attached hydrogen (secondary N) is 1. The molecule has 1 saturated heterocycles. The van der Waals surface area contributed by atoms with Crippen LogP contribution in [-0.2, 0) is 14.8 Å². The summed E-state index contributed by atoms with van der Waals surface area (Å²) >= 11 is 2.82. The predicted octanol–water partition coefficient (Wildman–Crippen LogP) is 3.33. The van der Waals surface area contributed by atoms with Crippen molar-refractivity contribution in [2.75, 3.05) is 5.75 Å². The van der Waals surface area contributed by atoms with Crippen molar-refractivity contribution in [3.05, 3.63) is 39.8 Å². The Morgan fingerprint density at radius 3 is 2.50 bits per heavy atom. The van der Waals surface area contributed by atoms with E-state index < -0.39 is 21.3 Å². The smallest absolute Gasteiger partial charge is 0.289 e. The van der Waals surface area contributed by atoms with Crippen LogP contribution in [0.15, 0.2) is 43.5 Å². The SMILES string of the molecule is Cc1ccc(S(=O)(=O)N=C2NC(=O)N3C(=O)C(C)SC(SCC(C)C)=C23)cc1. The monoisotopic (exact) mass is 439 g/mol. The van der Waals surface area contributed by atoms with Gasteiger partial charge >= 0.3 is 6.03 Å². The maximum Gasteiger partial charge on any atom is 0.334 e. The average Bonchev–Trinajstić information content (AvgIpc) is 2.93. The van der Waals surface area contributed by atoms with Crippen molar-refractivity contribution in [2.45, 2.75) is 37.8 Å². The fourth-order valence-electron chi connectivity index (χ4n) is 2.56. The number of hydrogen-bond donors (Lipinski definition) is 1. The minimum atomic E-state index is -4.04. The number of nitrogens with zero attached hydrogens (tertiary/aromatic N) is 2. The van der Waals surface area contributed by atoms with Gasteiger partial charge < -0.3 is 0 Å². The maximum absolute atomic E-state index is 12.7. The lowest BCUT2D eigenvalue weighted by Gasteiger charge is -2.27. The fourth-order valence-corrected chi connectivity index (χ4v) is 6.07. The van der Waals surface area contributed by atoms with Gasteiger partial charge in [-0.3, -0.25) is 10.1 Å². The van der Waals surface area contributed by atoms with E-state index in [1.54, 1.807) is 19.1 Å².